The first kappa shape index (κ1) is 9.18. The summed E-state index contributed by atoms with van der Waals surface area (Å²) in [6.07, 6.45) is 1.57. The highest BCUT2D eigenvalue weighted by molar-refractivity contribution is 7.09. The van der Waals surface area contributed by atoms with Crippen LogP contribution in [0.2, 0.25) is 0 Å². The van der Waals surface area contributed by atoms with Crippen LogP contribution in [0.1, 0.15) is 0 Å². The van der Waals surface area contributed by atoms with E-state index in [1.165, 1.54) is 11.5 Å². The molecule has 1 atom stereocenters. The van der Waals surface area contributed by atoms with Crippen molar-refractivity contribution in [1.82, 2.24) is 9.36 Å². The van der Waals surface area contributed by atoms with Crippen LogP contribution < -0.4 is 4.90 Å². The first-order chi connectivity index (χ1) is 6.42. The van der Waals surface area contributed by atoms with Gasteiger partial charge in [0.15, 0.2) is 0 Å². The van der Waals surface area contributed by atoms with Gasteiger partial charge in [0.2, 0.25) is 5.13 Å². The Morgan fingerprint density at radius 1 is 1.77 bits per heavy atom. The Balaban J connectivity index is 2.11. The monoisotopic (exact) mass is 219 g/mol. The van der Waals surface area contributed by atoms with Crippen molar-refractivity contribution in [2.24, 2.45) is 0 Å². The van der Waals surface area contributed by atoms with Crippen LogP contribution in [-0.4, -0.2) is 41.0 Å². The third-order valence-corrected chi connectivity index (χ3v) is 3.06. The van der Waals surface area contributed by atoms with Gasteiger partial charge in [0, 0.05) is 24.0 Å². The van der Waals surface area contributed by atoms with E-state index in [9.17, 15) is 0 Å². The van der Waals surface area contributed by atoms with Crippen molar-refractivity contribution >= 4 is 28.3 Å². The molecule has 1 saturated heterocycles. The van der Waals surface area contributed by atoms with Gasteiger partial charge in [-0.05, 0) is 0 Å². The first-order valence-corrected chi connectivity index (χ1v) is 5.39. The van der Waals surface area contributed by atoms with E-state index < -0.39 is 0 Å². The smallest absolute Gasteiger partial charge is 0.205 e. The van der Waals surface area contributed by atoms with Crippen molar-refractivity contribution in [3.8, 4) is 0 Å². The second kappa shape index (κ2) is 4.21. The zero-order valence-electron chi connectivity index (χ0n) is 7.02. The minimum Gasteiger partial charge on any atom is -0.377 e. The summed E-state index contributed by atoms with van der Waals surface area (Å²) in [5, 5.41) is 0.939. The summed E-state index contributed by atoms with van der Waals surface area (Å²) in [7, 11) is 0. The number of morpholine rings is 1. The molecule has 13 heavy (non-hydrogen) atoms. The normalized spacial score (nSPS) is 23.5. The Bertz CT molecular complexity index is 256. The van der Waals surface area contributed by atoms with E-state index in [2.05, 4.69) is 14.3 Å². The number of anilines is 1. The van der Waals surface area contributed by atoms with E-state index in [0.717, 1.165) is 18.3 Å². The highest BCUT2D eigenvalue weighted by atomic mass is 35.5. The van der Waals surface area contributed by atoms with Gasteiger partial charge in [-0.2, -0.15) is 4.37 Å². The molecule has 0 saturated carbocycles. The third-order valence-electron chi connectivity index (χ3n) is 2.00. The number of alkyl halides is 1. The molecule has 0 radical (unpaired) electrons. The highest BCUT2D eigenvalue weighted by Gasteiger charge is 2.24. The minimum absolute atomic E-state index is 0.239. The van der Waals surface area contributed by atoms with Crippen molar-refractivity contribution in [3.05, 3.63) is 6.33 Å². The quantitative estimate of drug-likeness (QED) is 0.696. The van der Waals surface area contributed by atoms with Gasteiger partial charge in [-0.25, -0.2) is 4.98 Å². The van der Waals surface area contributed by atoms with E-state index in [1.54, 1.807) is 6.33 Å². The molecule has 0 aliphatic carbocycles. The molecule has 2 rings (SSSR count). The number of hydrogen-bond donors (Lipinski definition) is 0. The van der Waals surface area contributed by atoms with Crippen molar-refractivity contribution in [2.75, 3.05) is 30.5 Å². The molecule has 0 spiro atoms. The van der Waals surface area contributed by atoms with Gasteiger partial charge in [0.1, 0.15) is 6.33 Å². The van der Waals surface area contributed by atoms with Crippen LogP contribution in [0.25, 0.3) is 0 Å². The number of halogens is 1. The second-order valence-electron chi connectivity index (χ2n) is 2.80. The molecule has 0 aromatic carbocycles. The Morgan fingerprint density at radius 2 is 2.69 bits per heavy atom. The Hall–Kier alpha value is -0.390. The Morgan fingerprint density at radius 3 is 3.38 bits per heavy atom. The summed E-state index contributed by atoms with van der Waals surface area (Å²) < 4.78 is 9.30. The first-order valence-electron chi connectivity index (χ1n) is 4.09. The fourth-order valence-electron chi connectivity index (χ4n) is 1.33. The van der Waals surface area contributed by atoms with Crippen molar-refractivity contribution < 1.29 is 4.74 Å². The van der Waals surface area contributed by atoms with Crippen LogP contribution in [0.15, 0.2) is 6.33 Å². The zero-order valence-corrected chi connectivity index (χ0v) is 8.59. The third kappa shape index (κ3) is 1.92. The molecule has 1 aliphatic rings. The lowest BCUT2D eigenvalue weighted by atomic mass is 10.3. The van der Waals surface area contributed by atoms with Gasteiger partial charge in [-0.15, -0.1) is 11.6 Å². The summed E-state index contributed by atoms with van der Waals surface area (Å²) in [4.78, 5) is 6.32. The minimum atomic E-state index is 0.239. The van der Waals surface area contributed by atoms with Gasteiger partial charge in [0.25, 0.3) is 0 Å². The maximum absolute atomic E-state index is 5.83. The fourth-order valence-corrected chi connectivity index (χ4v) is 2.21. The fraction of sp³-hybridized carbons (Fsp3) is 0.714. The zero-order chi connectivity index (χ0) is 9.10. The molecule has 1 fully saturated rings. The summed E-state index contributed by atoms with van der Waals surface area (Å²) >= 11 is 7.23. The predicted octanol–water partition coefficient (Wildman–Crippen LogP) is 0.982. The molecule has 1 aliphatic heterocycles. The van der Waals surface area contributed by atoms with E-state index in [0.29, 0.717) is 12.5 Å². The van der Waals surface area contributed by atoms with Crippen LogP contribution in [0, 0.1) is 0 Å². The second-order valence-corrected chi connectivity index (χ2v) is 3.87. The standard InChI is InChI=1S/C7H10ClN3OS/c8-3-6-4-12-2-1-11(6)7-9-5-10-13-7/h5-6H,1-4H2. The Labute approximate surface area is 85.6 Å². The van der Waals surface area contributed by atoms with Crippen LogP contribution in [-0.2, 0) is 4.74 Å². The molecule has 6 heteroatoms. The molecule has 72 valence electrons. The van der Waals surface area contributed by atoms with Gasteiger partial charge in [0.05, 0.1) is 19.3 Å². The SMILES string of the molecule is ClCC1COCCN1c1ncns1. The summed E-state index contributed by atoms with van der Waals surface area (Å²) in [6, 6.07) is 0.239. The molecular weight excluding hydrogens is 210 g/mol. The number of ether oxygens (including phenoxy) is 1. The lowest BCUT2D eigenvalue weighted by Crippen LogP contribution is -2.46. The van der Waals surface area contributed by atoms with Crippen molar-refractivity contribution in [1.29, 1.82) is 0 Å². The van der Waals surface area contributed by atoms with Crippen LogP contribution in [0.5, 0.6) is 0 Å². The van der Waals surface area contributed by atoms with E-state index in [4.69, 9.17) is 16.3 Å². The molecule has 4 nitrogen and oxygen atoms in total. The summed E-state index contributed by atoms with van der Waals surface area (Å²) in [6.45, 7) is 2.28. The Kier molecular flexibility index (Phi) is 2.97. The lowest BCUT2D eigenvalue weighted by molar-refractivity contribution is 0.0998. The molecule has 1 aromatic heterocycles. The van der Waals surface area contributed by atoms with Crippen LogP contribution in [0.4, 0.5) is 5.13 Å². The van der Waals surface area contributed by atoms with Crippen LogP contribution in [0.3, 0.4) is 0 Å². The van der Waals surface area contributed by atoms with Gasteiger partial charge < -0.3 is 9.64 Å². The van der Waals surface area contributed by atoms with Crippen LogP contribution >= 0.6 is 23.1 Å². The molecule has 1 unspecified atom stereocenters. The molecule has 2 heterocycles. The van der Waals surface area contributed by atoms with Gasteiger partial charge in [-0.3, -0.25) is 0 Å². The van der Waals surface area contributed by atoms with E-state index in [1.807, 2.05) is 0 Å². The maximum Gasteiger partial charge on any atom is 0.205 e. The molecule has 0 N–H and O–H groups in total. The summed E-state index contributed by atoms with van der Waals surface area (Å²) in [5.41, 5.74) is 0. The molecule has 0 bridgehead atoms. The van der Waals surface area contributed by atoms with Crippen molar-refractivity contribution in [2.45, 2.75) is 6.04 Å². The average Bonchev–Trinajstić information content (AvgIpc) is 2.70. The largest absolute Gasteiger partial charge is 0.377 e. The van der Waals surface area contributed by atoms with Gasteiger partial charge >= 0.3 is 0 Å². The topological polar surface area (TPSA) is 38.2 Å². The molecule has 0 amide bonds. The van der Waals surface area contributed by atoms with Gasteiger partial charge in [-0.1, -0.05) is 0 Å². The number of nitrogens with zero attached hydrogens (tertiary/aromatic N) is 3. The molecular formula is C7H10ClN3OS. The lowest BCUT2D eigenvalue weighted by Gasteiger charge is -2.33. The maximum atomic E-state index is 5.83. The number of rotatable bonds is 2. The average molecular weight is 220 g/mol. The van der Waals surface area contributed by atoms with E-state index >= 15 is 0 Å². The summed E-state index contributed by atoms with van der Waals surface area (Å²) in [5.74, 6) is 0.569. The van der Waals surface area contributed by atoms with Crippen molar-refractivity contribution in [3.63, 3.8) is 0 Å². The van der Waals surface area contributed by atoms with E-state index in [-0.39, 0.29) is 6.04 Å². The number of hydrogen-bond acceptors (Lipinski definition) is 5. The molecule has 1 aromatic rings. The highest BCUT2D eigenvalue weighted by Crippen LogP contribution is 2.20. The predicted molar refractivity (Wildman–Crippen MR) is 52.6 cm³/mol. The number of aromatic nitrogens is 2.